The van der Waals surface area contributed by atoms with Crippen molar-refractivity contribution >= 4 is 68.5 Å². The summed E-state index contributed by atoms with van der Waals surface area (Å²) in [7, 11) is 0. The van der Waals surface area contributed by atoms with Crippen LogP contribution in [0.2, 0.25) is 0 Å². The maximum Gasteiger partial charge on any atom is 0.303 e. The molecule has 2 aromatic carbocycles. The number of allylic oxidation sites excluding steroid dienone is 8. The minimum absolute atomic E-state index is 0.0652. The molecule has 1 amide bonds. The normalized spacial score (nSPS) is 25.3. The number of carbonyl (C=O) groups excluding carboxylic acids is 5. The predicted molar refractivity (Wildman–Crippen MR) is 437 cm³/mol. The Hall–Kier alpha value is -8.12. The Kier molecular flexibility index (Phi) is 23.3. The summed E-state index contributed by atoms with van der Waals surface area (Å²) in [6.45, 7) is 31.5. The number of Topliss-reactive ketones (excluding diaryl/α,β-unsaturated/α-hetero) is 4. The van der Waals surface area contributed by atoms with Crippen LogP contribution in [0, 0.1) is 60.2 Å². The van der Waals surface area contributed by atoms with Crippen molar-refractivity contribution in [2.75, 3.05) is 88.3 Å². The number of nitrogens with two attached hydrogens (primary N) is 1. The summed E-state index contributed by atoms with van der Waals surface area (Å²) in [6.07, 6.45) is 31.9. The van der Waals surface area contributed by atoms with Gasteiger partial charge in [0.25, 0.3) is 0 Å². The summed E-state index contributed by atoms with van der Waals surface area (Å²) < 4.78 is 4.50. The van der Waals surface area contributed by atoms with Crippen molar-refractivity contribution < 1.29 is 33.9 Å². The number of aromatic nitrogens is 4. The standard InChI is InChI=1S/C46H59N5O3.C34H43N5O2.C12H18O2/c1-29(2)51-28-32(5)45-39(41(52)8-7-38-31(4)16-30(3)17-42(38)53)21-37(22-40(45)51)36-6-9-43(48-27-36)50-14-12-49(13-15-50)11-10-47-44(54)26-46-23-33-18-34(24-46)20-35(19-33)25-46;1-22(2)39-21-25(5)34-29(31(40)8-7-28-24(4)16-23(3)17-32(28)41)18-27(19-30(34)39)26-6-9-33(36-20-26)38-14-12-37(11-10-35)13-15-38;13-11(14)7-12-4-8-1-9(5-12)3-10(2-8)6-12/h6,9,16,21-22,27-29,33-35H,7-8,10-15,17-20,23-26H2,1-5H3,(H,47,54);6,9,16,18-22H,7-8,10-15,17,35H2,1-5H3;8-10H,1-7H2,(H,13,14). The van der Waals surface area contributed by atoms with Crippen LogP contribution in [0.4, 0.5) is 11.6 Å². The number of aliphatic carboxylic acids is 1. The molecule has 2 aliphatic heterocycles. The van der Waals surface area contributed by atoms with E-state index in [4.69, 9.17) is 20.8 Å². The Morgan fingerprint density at radius 3 is 1.26 bits per heavy atom. The zero-order valence-corrected chi connectivity index (χ0v) is 66.9. The first-order chi connectivity index (χ1) is 52.2. The zero-order valence-electron chi connectivity index (χ0n) is 66.9. The quantitative estimate of drug-likeness (QED) is 0.0510. The SMILES string of the molecule is CC1=CC(C)=C(CCC(=O)c2cc(-c3ccc(N4CCN(CCN)CC4)nc3)cc3c2c(C)cn3C(C)C)C(=O)C1.CC1=CC(C)=C(CCC(=O)c2cc(-c3ccc(N4CCN(CCNC(=O)CC56CC7CC(CC(C7)C5)C6)CC4)nc3)cc3c2c(C)cn3C(C)C)C(=O)C1.O=C(O)CC12CC3CC(CC(C3)C1)C2. The first-order valence-electron chi connectivity index (χ1n) is 41.5. The largest absolute Gasteiger partial charge is 0.481 e. The molecule has 6 aromatic rings. The van der Waals surface area contributed by atoms with E-state index in [1.165, 1.54) is 77.0 Å². The van der Waals surface area contributed by atoms with Gasteiger partial charge in [0.2, 0.25) is 5.91 Å². The van der Waals surface area contributed by atoms with Crippen LogP contribution in [0.3, 0.4) is 0 Å². The highest BCUT2D eigenvalue weighted by atomic mass is 16.4. The first kappa shape index (κ1) is 77.6. The van der Waals surface area contributed by atoms with Gasteiger partial charge in [0.05, 0.1) is 6.42 Å². The van der Waals surface area contributed by atoms with Crippen LogP contribution in [0.5, 0.6) is 0 Å². The number of hydrogen-bond donors (Lipinski definition) is 3. The van der Waals surface area contributed by atoms with Gasteiger partial charge in [0.1, 0.15) is 11.6 Å². The van der Waals surface area contributed by atoms with Gasteiger partial charge < -0.3 is 35.1 Å². The zero-order chi connectivity index (χ0) is 76.7. The number of carboxylic acid groups (broad SMARTS) is 1. The Morgan fingerprint density at radius 1 is 0.523 bits per heavy atom. The number of nitrogens with one attached hydrogen (secondary N) is 1. The molecule has 4 aromatic heterocycles. The van der Waals surface area contributed by atoms with E-state index in [-0.39, 0.29) is 46.5 Å². The van der Waals surface area contributed by atoms with Gasteiger partial charge in [-0.2, -0.15) is 0 Å². The number of pyridine rings is 2. The molecule has 12 aliphatic rings. The molecule has 580 valence electrons. The van der Waals surface area contributed by atoms with Gasteiger partial charge in [-0.1, -0.05) is 23.3 Å². The van der Waals surface area contributed by atoms with Crippen molar-refractivity contribution in [1.82, 2.24) is 34.2 Å². The molecule has 4 N–H and O–H groups in total. The minimum Gasteiger partial charge on any atom is -0.481 e. The Balaban J connectivity index is 0.000000158. The summed E-state index contributed by atoms with van der Waals surface area (Å²) in [6, 6.07) is 17.4. The molecule has 6 heterocycles. The maximum absolute atomic E-state index is 14.0. The summed E-state index contributed by atoms with van der Waals surface area (Å²) in [4.78, 5) is 96.6. The van der Waals surface area contributed by atoms with Gasteiger partial charge in [0.15, 0.2) is 23.1 Å². The van der Waals surface area contributed by atoms with E-state index < -0.39 is 5.97 Å². The molecule has 17 nitrogen and oxygen atoms in total. The average Bonchev–Trinajstić information content (AvgIpc) is 1.73. The monoisotopic (exact) mass is 1480 g/mol. The van der Waals surface area contributed by atoms with Crippen LogP contribution in [0.15, 0.2) is 119 Å². The van der Waals surface area contributed by atoms with Crippen LogP contribution in [-0.4, -0.2) is 148 Å². The molecule has 8 bridgehead atoms. The molecule has 10 aliphatic carbocycles. The van der Waals surface area contributed by atoms with E-state index in [0.29, 0.717) is 56.9 Å². The second kappa shape index (κ2) is 32.7. The van der Waals surface area contributed by atoms with Crippen molar-refractivity contribution in [3.63, 3.8) is 0 Å². The number of hydrogen-bond acceptors (Lipinski definition) is 13. The van der Waals surface area contributed by atoms with Gasteiger partial charge in [-0.25, -0.2) is 9.97 Å². The lowest BCUT2D eigenvalue weighted by Crippen LogP contribution is -2.50. The third-order valence-electron chi connectivity index (χ3n) is 26.7. The van der Waals surface area contributed by atoms with Crippen LogP contribution in [0.1, 0.15) is 228 Å². The number of nitrogens with zero attached hydrogens (tertiary/aromatic N) is 8. The van der Waals surface area contributed by atoms with Crippen LogP contribution in [0.25, 0.3) is 44.1 Å². The van der Waals surface area contributed by atoms with E-state index in [1.54, 1.807) is 0 Å². The lowest BCUT2D eigenvalue weighted by Gasteiger charge is -2.56. The molecular formula is C92H120N10O7. The molecule has 8 saturated carbocycles. The fourth-order valence-electron chi connectivity index (χ4n) is 22.6. The fraction of sp³-hybridized carbons (Fsp3) is 0.565. The molecule has 10 fully saturated rings. The molecule has 0 spiro atoms. The highest BCUT2D eigenvalue weighted by molar-refractivity contribution is 6.12. The molecule has 17 heteroatoms. The fourth-order valence-corrected chi connectivity index (χ4v) is 22.6. The molecule has 2 saturated heterocycles. The summed E-state index contributed by atoms with van der Waals surface area (Å²) >= 11 is 0. The number of fused-ring (bicyclic) bond motifs is 2. The molecule has 0 atom stereocenters. The number of amides is 1. The smallest absolute Gasteiger partial charge is 0.303 e. The van der Waals surface area contributed by atoms with Gasteiger partial charge in [-0.15, -0.1) is 0 Å². The van der Waals surface area contributed by atoms with Gasteiger partial charge in [0, 0.05) is 192 Å². The number of anilines is 2. The molecule has 109 heavy (non-hydrogen) atoms. The second-order valence-corrected chi connectivity index (χ2v) is 36.0. The Labute approximate surface area is 646 Å². The highest BCUT2D eigenvalue weighted by Crippen LogP contribution is 2.63. The lowest BCUT2D eigenvalue weighted by atomic mass is 9.49. The maximum atomic E-state index is 14.0. The first-order valence-corrected chi connectivity index (χ1v) is 41.5. The number of benzene rings is 2. The third kappa shape index (κ3) is 17.3. The van der Waals surface area contributed by atoms with E-state index in [2.05, 4.69) is 137 Å². The summed E-state index contributed by atoms with van der Waals surface area (Å²) in [5.41, 5.74) is 21.6. The topological polar surface area (TPSA) is 209 Å². The number of carboxylic acids is 1. The van der Waals surface area contributed by atoms with Crippen molar-refractivity contribution in [1.29, 1.82) is 0 Å². The van der Waals surface area contributed by atoms with E-state index in [9.17, 15) is 28.8 Å². The van der Waals surface area contributed by atoms with Crippen molar-refractivity contribution in [3.05, 3.63) is 141 Å². The molecule has 18 rings (SSSR count). The van der Waals surface area contributed by atoms with Gasteiger partial charge in [-0.05, 0) is 299 Å². The van der Waals surface area contributed by atoms with Crippen LogP contribution >= 0.6 is 0 Å². The highest BCUT2D eigenvalue weighted by Gasteiger charge is 2.53. The van der Waals surface area contributed by atoms with Gasteiger partial charge in [-0.3, -0.25) is 38.6 Å². The average molecular weight is 1480 g/mol. The Morgan fingerprint density at radius 2 is 0.908 bits per heavy atom. The third-order valence-corrected chi connectivity index (χ3v) is 26.7. The van der Waals surface area contributed by atoms with Crippen molar-refractivity contribution in [3.8, 4) is 22.3 Å². The number of piperazine rings is 2. The van der Waals surface area contributed by atoms with Crippen LogP contribution < -0.4 is 20.9 Å². The second-order valence-electron chi connectivity index (χ2n) is 36.0. The number of rotatable bonds is 23. The molecule has 0 radical (unpaired) electrons. The molecule has 0 unspecified atom stereocenters. The van der Waals surface area contributed by atoms with Crippen LogP contribution in [-0.2, 0) is 19.2 Å². The van der Waals surface area contributed by atoms with Crippen molar-refractivity contribution in [2.24, 2.45) is 52.1 Å². The lowest BCUT2D eigenvalue weighted by molar-refractivity contribution is -0.145. The summed E-state index contributed by atoms with van der Waals surface area (Å²) in [5.74, 6) is 7.31. The Bertz CT molecular complexity index is 4510. The minimum atomic E-state index is -0.577. The molecular weight excluding hydrogens is 1360 g/mol. The van der Waals surface area contributed by atoms with Crippen molar-refractivity contribution in [2.45, 2.75) is 210 Å². The predicted octanol–water partition coefficient (Wildman–Crippen LogP) is 17.2. The number of aryl methyl sites for hydroxylation is 2. The van der Waals surface area contributed by atoms with E-state index in [0.717, 1.165) is 225 Å². The summed E-state index contributed by atoms with van der Waals surface area (Å²) in [5, 5.41) is 14.3. The van der Waals surface area contributed by atoms with E-state index >= 15 is 0 Å². The number of ketones is 4. The van der Waals surface area contributed by atoms with E-state index in [1.807, 2.05) is 52.2 Å². The van der Waals surface area contributed by atoms with Gasteiger partial charge >= 0.3 is 5.97 Å². The number of carbonyl (C=O) groups is 6.